The van der Waals surface area contributed by atoms with Gasteiger partial charge in [0.25, 0.3) is 0 Å². The van der Waals surface area contributed by atoms with Crippen LogP contribution in [0.4, 0.5) is 0 Å². The molecule has 1 atom stereocenters. The molecule has 0 amide bonds. The normalized spacial score (nSPS) is 25.5. The molecule has 0 aromatic carbocycles. The van der Waals surface area contributed by atoms with Gasteiger partial charge >= 0.3 is 0 Å². The van der Waals surface area contributed by atoms with Crippen molar-refractivity contribution in [2.45, 2.75) is 58.5 Å². The molecular formula is C12H21ClO. The van der Waals surface area contributed by atoms with Crippen molar-refractivity contribution >= 4 is 11.6 Å². The van der Waals surface area contributed by atoms with Gasteiger partial charge in [0.1, 0.15) is 0 Å². The Morgan fingerprint density at radius 2 is 2.21 bits per heavy atom. The van der Waals surface area contributed by atoms with Crippen molar-refractivity contribution in [3.05, 3.63) is 10.6 Å². The van der Waals surface area contributed by atoms with Crippen LogP contribution in [0.3, 0.4) is 0 Å². The molecule has 0 N–H and O–H groups in total. The zero-order chi connectivity index (χ0) is 10.4. The molecule has 1 heterocycles. The van der Waals surface area contributed by atoms with Crippen LogP contribution in [0.5, 0.6) is 0 Å². The zero-order valence-corrected chi connectivity index (χ0v) is 10.1. The Morgan fingerprint density at radius 1 is 1.43 bits per heavy atom. The molecule has 1 unspecified atom stereocenters. The first-order chi connectivity index (χ1) is 6.75. The lowest BCUT2D eigenvalue weighted by atomic mass is 10.0. The third kappa shape index (κ3) is 3.62. The summed E-state index contributed by atoms with van der Waals surface area (Å²) in [6.45, 7) is 5.07. The molecule has 1 fully saturated rings. The second-order valence-corrected chi connectivity index (χ2v) is 4.58. The molecule has 0 bridgehead atoms. The Labute approximate surface area is 92.5 Å². The first-order valence-electron chi connectivity index (χ1n) is 5.72. The molecule has 0 spiro atoms. The third-order valence-corrected chi connectivity index (χ3v) is 3.08. The highest BCUT2D eigenvalue weighted by Gasteiger charge is 2.22. The fourth-order valence-corrected chi connectivity index (χ4v) is 2.20. The fraction of sp³-hybridized carbons (Fsp3) is 0.833. The summed E-state index contributed by atoms with van der Waals surface area (Å²) in [6.07, 6.45) is 7.74. The van der Waals surface area contributed by atoms with Crippen LogP contribution in [0.2, 0.25) is 0 Å². The number of unbranched alkanes of at least 4 members (excludes halogenated alkanes) is 3. The smallest absolute Gasteiger partial charge is 0.0800 e. The number of allylic oxidation sites excluding steroid dienone is 1. The van der Waals surface area contributed by atoms with Crippen LogP contribution in [0.25, 0.3) is 0 Å². The van der Waals surface area contributed by atoms with Crippen molar-refractivity contribution in [2.24, 2.45) is 0 Å². The Morgan fingerprint density at radius 3 is 2.86 bits per heavy atom. The van der Waals surface area contributed by atoms with Gasteiger partial charge in [-0.1, -0.05) is 44.2 Å². The Hall–Kier alpha value is -0.0100. The zero-order valence-electron chi connectivity index (χ0n) is 9.31. The van der Waals surface area contributed by atoms with Gasteiger partial charge in [-0.25, -0.2) is 0 Å². The molecule has 0 aromatic rings. The van der Waals surface area contributed by atoms with E-state index in [0.717, 1.165) is 24.5 Å². The maximum absolute atomic E-state index is 6.02. The van der Waals surface area contributed by atoms with Crippen molar-refractivity contribution in [3.8, 4) is 0 Å². The second kappa shape index (κ2) is 6.47. The van der Waals surface area contributed by atoms with Crippen LogP contribution >= 0.6 is 11.6 Å². The molecular weight excluding hydrogens is 196 g/mol. The highest BCUT2D eigenvalue weighted by molar-refractivity contribution is 6.29. The molecule has 82 valence electrons. The van der Waals surface area contributed by atoms with Crippen LogP contribution in [-0.2, 0) is 4.74 Å². The lowest BCUT2D eigenvalue weighted by Gasteiger charge is -2.11. The molecule has 0 radical (unpaired) electrons. The maximum Gasteiger partial charge on any atom is 0.0800 e. The third-order valence-electron chi connectivity index (χ3n) is 2.84. The topological polar surface area (TPSA) is 9.23 Å². The van der Waals surface area contributed by atoms with E-state index in [1.54, 1.807) is 0 Å². The summed E-state index contributed by atoms with van der Waals surface area (Å²) in [6, 6.07) is 0. The fourth-order valence-electron chi connectivity index (χ4n) is 1.98. The van der Waals surface area contributed by atoms with E-state index in [9.17, 15) is 0 Å². The van der Waals surface area contributed by atoms with E-state index in [2.05, 4.69) is 6.92 Å². The average Bonchev–Trinajstić information content (AvgIpc) is 2.60. The first-order valence-corrected chi connectivity index (χ1v) is 6.10. The van der Waals surface area contributed by atoms with Crippen LogP contribution < -0.4 is 0 Å². The second-order valence-electron chi connectivity index (χ2n) is 4.02. The minimum Gasteiger partial charge on any atom is -0.373 e. The molecule has 1 nitrogen and oxygen atoms in total. The van der Waals surface area contributed by atoms with Gasteiger partial charge in [0.15, 0.2) is 0 Å². The summed E-state index contributed by atoms with van der Waals surface area (Å²) in [5.41, 5.74) is 1.34. The summed E-state index contributed by atoms with van der Waals surface area (Å²) in [4.78, 5) is 0. The number of hydrogen-bond acceptors (Lipinski definition) is 1. The SMILES string of the molecule is CCCCCCC1OCC/C1=C(\C)Cl. The summed E-state index contributed by atoms with van der Waals surface area (Å²) < 4.78 is 5.66. The molecule has 1 aliphatic rings. The largest absolute Gasteiger partial charge is 0.373 e. The van der Waals surface area contributed by atoms with E-state index in [1.165, 1.54) is 31.3 Å². The standard InChI is InChI=1S/C12H21ClO/c1-3-4-5-6-7-12-11(10(2)13)8-9-14-12/h12H,3-9H2,1-2H3/b11-10-. The molecule has 14 heavy (non-hydrogen) atoms. The van der Waals surface area contributed by atoms with Crippen molar-refractivity contribution < 1.29 is 4.74 Å². The minimum atomic E-state index is 0.323. The maximum atomic E-state index is 6.02. The Kier molecular flexibility index (Phi) is 5.57. The number of rotatable bonds is 5. The lowest BCUT2D eigenvalue weighted by Crippen LogP contribution is -2.07. The lowest BCUT2D eigenvalue weighted by molar-refractivity contribution is 0.115. The van der Waals surface area contributed by atoms with Gasteiger partial charge in [-0.05, 0) is 25.3 Å². The summed E-state index contributed by atoms with van der Waals surface area (Å²) in [5.74, 6) is 0. The number of halogens is 1. The van der Waals surface area contributed by atoms with Crippen LogP contribution in [0, 0.1) is 0 Å². The summed E-state index contributed by atoms with van der Waals surface area (Å²) >= 11 is 6.02. The number of ether oxygens (including phenoxy) is 1. The van der Waals surface area contributed by atoms with E-state index in [4.69, 9.17) is 16.3 Å². The van der Waals surface area contributed by atoms with Crippen molar-refractivity contribution in [1.82, 2.24) is 0 Å². The summed E-state index contributed by atoms with van der Waals surface area (Å²) in [5, 5.41) is 0.947. The van der Waals surface area contributed by atoms with Crippen molar-refractivity contribution in [1.29, 1.82) is 0 Å². The molecule has 0 saturated carbocycles. The van der Waals surface area contributed by atoms with Crippen LogP contribution in [0.15, 0.2) is 10.6 Å². The molecule has 1 aliphatic heterocycles. The van der Waals surface area contributed by atoms with Gasteiger partial charge in [0.05, 0.1) is 12.7 Å². The van der Waals surface area contributed by atoms with Crippen molar-refractivity contribution in [3.63, 3.8) is 0 Å². The van der Waals surface area contributed by atoms with E-state index >= 15 is 0 Å². The van der Waals surface area contributed by atoms with E-state index in [0.29, 0.717) is 6.10 Å². The summed E-state index contributed by atoms with van der Waals surface area (Å²) in [7, 11) is 0. The predicted octanol–water partition coefficient (Wildman–Crippen LogP) is 4.26. The van der Waals surface area contributed by atoms with E-state index in [-0.39, 0.29) is 0 Å². The van der Waals surface area contributed by atoms with Crippen LogP contribution in [-0.4, -0.2) is 12.7 Å². The van der Waals surface area contributed by atoms with Gasteiger partial charge in [-0.15, -0.1) is 0 Å². The van der Waals surface area contributed by atoms with Gasteiger partial charge in [-0.2, -0.15) is 0 Å². The minimum absolute atomic E-state index is 0.323. The quantitative estimate of drug-likeness (QED) is 0.624. The van der Waals surface area contributed by atoms with Gasteiger partial charge < -0.3 is 4.74 Å². The van der Waals surface area contributed by atoms with Gasteiger partial charge in [0, 0.05) is 5.03 Å². The van der Waals surface area contributed by atoms with Gasteiger partial charge in [-0.3, -0.25) is 0 Å². The molecule has 1 saturated heterocycles. The van der Waals surface area contributed by atoms with E-state index in [1.807, 2.05) is 6.92 Å². The Bertz CT molecular complexity index is 194. The average molecular weight is 217 g/mol. The highest BCUT2D eigenvalue weighted by atomic mass is 35.5. The van der Waals surface area contributed by atoms with E-state index < -0.39 is 0 Å². The number of hydrogen-bond donors (Lipinski definition) is 0. The molecule has 1 rings (SSSR count). The molecule has 0 aromatic heterocycles. The molecule has 2 heteroatoms. The van der Waals surface area contributed by atoms with Gasteiger partial charge in [0.2, 0.25) is 0 Å². The van der Waals surface area contributed by atoms with Crippen molar-refractivity contribution in [2.75, 3.05) is 6.61 Å². The highest BCUT2D eigenvalue weighted by Crippen LogP contribution is 2.28. The first kappa shape index (κ1) is 12.1. The molecule has 0 aliphatic carbocycles. The Balaban J connectivity index is 2.26. The predicted molar refractivity (Wildman–Crippen MR) is 61.7 cm³/mol. The van der Waals surface area contributed by atoms with Crippen LogP contribution in [0.1, 0.15) is 52.4 Å². The monoisotopic (exact) mass is 216 g/mol.